The van der Waals surface area contributed by atoms with Crippen molar-refractivity contribution >= 4 is 23.5 Å². The molecule has 7 atom stereocenters. The van der Waals surface area contributed by atoms with Crippen molar-refractivity contribution in [3.8, 4) is 5.75 Å². The van der Waals surface area contributed by atoms with Crippen LogP contribution in [0.15, 0.2) is 24.3 Å². The van der Waals surface area contributed by atoms with Crippen LogP contribution >= 0.6 is 0 Å². The largest absolute Gasteiger partial charge is 0.497 e. The number of nitrogens with one attached hydrogen (secondary N) is 1. The molecule has 2 N–H and O–H groups in total. The van der Waals surface area contributed by atoms with E-state index >= 15 is 0 Å². The van der Waals surface area contributed by atoms with E-state index in [0.29, 0.717) is 24.3 Å². The second-order valence-electron chi connectivity index (χ2n) is 10.9. The summed E-state index contributed by atoms with van der Waals surface area (Å²) in [6.45, 7) is 9.45. The van der Waals surface area contributed by atoms with Crippen LogP contribution in [-0.4, -0.2) is 71.4 Å². The Morgan fingerprint density at radius 3 is 2.50 bits per heavy atom. The van der Waals surface area contributed by atoms with Crippen molar-refractivity contribution in [1.82, 2.24) is 4.90 Å². The molecule has 1 aromatic carbocycles. The number of methoxy groups -OCH3 is 1. The van der Waals surface area contributed by atoms with Gasteiger partial charge in [0.2, 0.25) is 11.8 Å². The molecule has 36 heavy (non-hydrogen) atoms. The van der Waals surface area contributed by atoms with E-state index < -0.39 is 47.0 Å². The van der Waals surface area contributed by atoms with Crippen molar-refractivity contribution in [3.63, 3.8) is 0 Å². The first-order chi connectivity index (χ1) is 17.0. The number of anilines is 1. The Bertz CT molecular complexity index is 1010. The second kappa shape index (κ2) is 9.67. The van der Waals surface area contributed by atoms with E-state index in [-0.39, 0.29) is 31.0 Å². The van der Waals surface area contributed by atoms with Gasteiger partial charge in [-0.15, -0.1) is 0 Å². The highest BCUT2D eigenvalue weighted by molar-refractivity contribution is 6.03. The third-order valence-corrected chi connectivity index (χ3v) is 8.25. The van der Waals surface area contributed by atoms with Crippen LogP contribution in [0.5, 0.6) is 5.75 Å². The molecule has 3 aliphatic rings. The lowest BCUT2D eigenvalue weighted by atomic mass is 9.62. The number of hydrogen-bond donors (Lipinski definition) is 2. The molecular formula is C27H38N2O7. The third-order valence-electron chi connectivity index (χ3n) is 8.25. The fourth-order valence-corrected chi connectivity index (χ4v) is 6.67. The second-order valence-corrected chi connectivity index (χ2v) is 10.9. The molecule has 0 aliphatic carbocycles. The number of rotatable bonds is 9. The van der Waals surface area contributed by atoms with Crippen molar-refractivity contribution < 1.29 is 33.7 Å². The molecule has 2 bridgehead atoms. The number of aliphatic hydroxyl groups excluding tert-OH is 1. The molecule has 3 saturated heterocycles. The van der Waals surface area contributed by atoms with Gasteiger partial charge in [-0.25, -0.2) is 0 Å². The Labute approximate surface area is 212 Å². The van der Waals surface area contributed by atoms with Gasteiger partial charge in [0.15, 0.2) is 0 Å². The van der Waals surface area contributed by atoms with Gasteiger partial charge in [-0.05, 0) is 62.8 Å². The average molecular weight is 503 g/mol. The Morgan fingerprint density at radius 2 is 1.94 bits per heavy atom. The molecule has 1 aromatic rings. The Kier molecular flexibility index (Phi) is 7.09. The minimum Gasteiger partial charge on any atom is -0.497 e. The molecule has 9 heteroatoms. The number of benzene rings is 1. The number of aliphatic hydroxyl groups is 1. The maximum Gasteiger partial charge on any atom is 0.312 e. The average Bonchev–Trinajstić information content (AvgIpc) is 3.34. The first kappa shape index (κ1) is 26.4. The molecular weight excluding hydrogens is 464 g/mol. The topological polar surface area (TPSA) is 114 Å². The van der Waals surface area contributed by atoms with E-state index in [1.807, 2.05) is 27.7 Å². The first-order valence-electron chi connectivity index (χ1n) is 12.8. The predicted molar refractivity (Wildman–Crippen MR) is 132 cm³/mol. The summed E-state index contributed by atoms with van der Waals surface area (Å²) >= 11 is 0. The molecule has 4 rings (SSSR count). The molecule has 0 saturated carbocycles. The van der Waals surface area contributed by atoms with Crippen LogP contribution in [0.4, 0.5) is 5.69 Å². The molecule has 0 radical (unpaired) electrons. The first-order valence-corrected chi connectivity index (χ1v) is 12.8. The van der Waals surface area contributed by atoms with Crippen LogP contribution in [0.1, 0.15) is 47.5 Å². The molecule has 3 unspecified atom stereocenters. The maximum atomic E-state index is 14.1. The summed E-state index contributed by atoms with van der Waals surface area (Å²) in [6, 6.07) is 5.34. The number of ether oxygens (including phenoxy) is 3. The monoisotopic (exact) mass is 502 g/mol. The minimum atomic E-state index is -1.19. The van der Waals surface area contributed by atoms with Crippen LogP contribution in [-0.2, 0) is 23.9 Å². The number of esters is 1. The number of carbonyl (C=O) groups is 3. The number of fused-ring (bicyclic) bond motifs is 1. The number of nitrogens with zero attached hydrogens (tertiary/aromatic N) is 1. The maximum absolute atomic E-state index is 14.1. The molecule has 2 amide bonds. The highest BCUT2D eigenvalue weighted by Gasteiger charge is 2.80. The van der Waals surface area contributed by atoms with E-state index in [2.05, 4.69) is 5.32 Å². The minimum absolute atomic E-state index is 0.0788. The molecule has 3 aliphatic heterocycles. The summed E-state index contributed by atoms with van der Waals surface area (Å²) in [5, 5.41) is 13.3. The molecule has 3 fully saturated rings. The summed E-state index contributed by atoms with van der Waals surface area (Å²) in [5.41, 5.74) is -1.57. The molecule has 0 aromatic heterocycles. The van der Waals surface area contributed by atoms with E-state index in [4.69, 9.17) is 14.2 Å². The Morgan fingerprint density at radius 1 is 1.28 bits per heavy atom. The fraction of sp³-hybridized carbons (Fsp3) is 0.667. The smallest absolute Gasteiger partial charge is 0.312 e. The quantitative estimate of drug-likeness (QED) is 0.499. The Hall–Kier alpha value is -2.65. The van der Waals surface area contributed by atoms with Gasteiger partial charge in [-0.2, -0.15) is 0 Å². The van der Waals surface area contributed by atoms with E-state index in [9.17, 15) is 19.5 Å². The van der Waals surface area contributed by atoms with Gasteiger partial charge < -0.3 is 29.5 Å². The van der Waals surface area contributed by atoms with Crippen LogP contribution in [0, 0.1) is 23.7 Å². The summed E-state index contributed by atoms with van der Waals surface area (Å²) in [7, 11) is 1.56. The van der Waals surface area contributed by atoms with Gasteiger partial charge in [0, 0.05) is 5.69 Å². The van der Waals surface area contributed by atoms with E-state index in [1.54, 1.807) is 38.3 Å². The normalized spacial score (nSPS) is 33.6. The number of hydrogen-bond acceptors (Lipinski definition) is 7. The van der Waals surface area contributed by atoms with Crippen molar-refractivity contribution in [2.24, 2.45) is 23.7 Å². The molecule has 198 valence electrons. The van der Waals surface area contributed by atoms with Gasteiger partial charge in [-0.3, -0.25) is 14.4 Å². The third kappa shape index (κ3) is 3.96. The van der Waals surface area contributed by atoms with Crippen LogP contribution < -0.4 is 10.1 Å². The predicted octanol–water partition coefficient (Wildman–Crippen LogP) is 2.61. The summed E-state index contributed by atoms with van der Waals surface area (Å²) < 4.78 is 17.2. The summed E-state index contributed by atoms with van der Waals surface area (Å²) in [6.07, 6.45) is 0.959. The number of carbonyl (C=O) groups excluding carboxylic acids is 3. The molecule has 3 heterocycles. The number of likely N-dealkylation sites (tertiary alicyclic amines) is 1. The standard InChI is InChI=1S/C27H38N2O7/c1-7-35-25(33)21-20-24(32)29(18(14-30)12-15(2)3)22(27(20)13-16(4)26(21,5)36-27)23(31)28-17-8-10-19(34-6)11-9-17/h8-11,15-16,18,20-22,30H,7,12-14H2,1-6H3,(H,28,31)/t16?,18-,20+,21-,22?,26+,27?/m1/s1. The highest BCUT2D eigenvalue weighted by Crippen LogP contribution is 2.65. The number of amides is 2. The summed E-state index contributed by atoms with van der Waals surface area (Å²) in [4.78, 5) is 42.7. The van der Waals surface area contributed by atoms with E-state index in [1.165, 1.54) is 4.90 Å². The van der Waals surface area contributed by atoms with Crippen molar-refractivity contribution in [1.29, 1.82) is 0 Å². The lowest BCUT2D eigenvalue weighted by molar-refractivity contribution is -0.162. The van der Waals surface area contributed by atoms with Gasteiger partial charge >= 0.3 is 5.97 Å². The summed E-state index contributed by atoms with van der Waals surface area (Å²) in [5.74, 6) is -2.15. The van der Waals surface area contributed by atoms with E-state index in [0.717, 1.165) is 0 Å². The van der Waals surface area contributed by atoms with Gasteiger partial charge in [0.1, 0.15) is 23.3 Å². The van der Waals surface area contributed by atoms with Gasteiger partial charge in [-0.1, -0.05) is 20.8 Å². The lowest BCUT2D eigenvalue weighted by Gasteiger charge is -2.37. The fourth-order valence-electron chi connectivity index (χ4n) is 6.67. The zero-order valence-electron chi connectivity index (χ0n) is 21.9. The van der Waals surface area contributed by atoms with Crippen molar-refractivity contribution in [3.05, 3.63) is 24.3 Å². The zero-order valence-corrected chi connectivity index (χ0v) is 21.9. The molecule has 1 spiro atoms. The zero-order chi connectivity index (χ0) is 26.4. The van der Waals surface area contributed by atoms with Crippen LogP contribution in [0.25, 0.3) is 0 Å². The highest BCUT2D eigenvalue weighted by atomic mass is 16.6. The Balaban J connectivity index is 1.78. The van der Waals surface area contributed by atoms with Gasteiger partial charge in [0.05, 0.1) is 37.9 Å². The molecule has 9 nitrogen and oxygen atoms in total. The SMILES string of the molecule is CCOC(=O)[C@H]1[C@H]2C(=O)N([C@@H](CO)CC(C)C)C(C(=O)Nc3ccc(OC)cc3)C23CC(C)[C@]1(C)O3. The van der Waals surface area contributed by atoms with Crippen molar-refractivity contribution in [2.45, 2.75) is 70.7 Å². The van der Waals surface area contributed by atoms with Crippen LogP contribution in [0.2, 0.25) is 0 Å². The van der Waals surface area contributed by atoms with Crippen LogP contribution in [0.3, 0.4) is 0 Å². The lowest BCUT2D eigenvalue weighted by Crippen LogP contribution is -2.56. The van der Waals surface area contributed by atoms with Gasteiger partial charge in [0.25, 0.3) is 0 Å². The van der Waals surface area contributed by atoms with Crippen molar-refractivity contribution in [2.75, 3.05) is 25.6 Å².